The van der Waals surface area contributed by atoms with Crippen LogP contribution in [0.15, 0.2) is 71.9 Å². The molecule has 0 fully saturated rings. The van der Waals surface area contributed by atoms with Crippen molar-refractivity contribution in [2.45, 2.75) is 23.9 Å². The van der Waals surface area contributed by atoms with E-state index in [9.17, 15) is 27.1 Å². The lowest BCUT2D eigenvalue weighted by Crippen LogP contribution is -2.44. The van der Waals surface area contributed by atoms with Gasteiger partial charge in [-0.3, -0.25) is 4.79 Å². The maximum absolute atomic E-state index is 13.4. The molecule has 9 heteroatoms. The van der Waals surface area contributed by atoms with E-state index >= 15 is 0 Å². The zero-order chi connectivity index (χ0) is 20.7. The third kappa shape index (κ3) is 5.37. The highest BCUT2D eigenvalue weighted by Gasteiger charge is 2.36. The van der Waals surface area contributed by atoms with Gasteiger partial charge in [0.15, 0.2) is 0 Å². The van der Waals surface area contributed by atoms with E-state index < -0.39 is 41.1 Å². The number of ether oxygens (including phenoxy) is 1. The van der Waals surface area contributed by atoms with Gasteiger partial charge >= 0.3 is 5.97 Å². The van der Waals surface area contributed by atoms with Gasteiger partial charge < -0.3 is 9.84 Å². The van der Waals surface area contributed by atoms with E-state index in [-0.39, 0.29) is 17.2 Å². The summed E-state index contributed by atoms with van der Waals surface area (Å²) < 4.78 is 57.3. The SMILES string of the molecule is C=C(F)CC(C(=O)O)N(Cc1ccccc1)S(=O)(=O)c1ccc(OCF)cc1. The Morgan fingerprint density at radius 2 is 1.75 bits per heavy atom. The van der Waals surface area contributed by atoms with Crippen molar-refractivity contribution < 1.29 is 31.8 Å². The van der Waals surface area contributed by atoms with E-state index in [1.54, 1.807) is 30.3 Å². The number of rotatable bonds is 10. The summed E-state index contributed by atoms with van der Waals surface area (Å²) in [5.74, 6) is -2.34. The molecule has 2 aromatic rings. The molecule has 0 heterocycles. The molecule has 6 nitrogen and oxygen atoms in total. The number of sulfonamides is 1. The topological polar surface area (TPSA) is 83.9 Å². The van der Waals surface area contributed by atoms with Crippen LogP contribution >= 0.6 is 0 Å². The Morgan fingerprint density at radius 1 is 1.14 bits per heavy atom. The number of carbonyl (C=O) groups is 1. The Labute approximate surface area is 161 Å². The molecule has 0 amide bonds. The van der Waals surface area contributed by atoms with Gasteiger partial charge in [-0.05, 0) is 29.8 Å². The number of aliphatic carboxylic acids is 1. The summed E-state index contributed by atoms with van der Waals surface area (Å²) in [6.45, 7) is 1.69. The van der Waals surface area contributed by atoms with Gasteiger partial charge in [-0.15, -0.1) is 0 Å². The minimum Gasteiger partial charge on any atom is -0.480 e. The maximum Gasteiger partial charge on any atom is 0.322 e. The number of hydrogen-bond acceptors (Lipinski definition) is 4. The van der Waals surface area contributed by atoms with Crippen LogP contribution in [0.2, 0.25) is 0 Å². The fourth-order valence-electron chi connectivity index (χ4n) is 2.55. The lowest BCUT2D eigenvalue weighted by molar-refractivity contribution is -0.141. The molecule has 0 aliphatic heterocycles. The minimum absolute atomic E-state index is 0.114. The zero-order valence-electron chi connectivity index (χ0n) is 14.8. The van der Waals surface area contributed by atoms with E-state index in [4.69, 9.17) is 0 Å². The standard InChI is InChI=1S/C19H19F2NO5S/c1-14(21)11-18(19(23)24)22(12-15-5-3-2-4-6-15)28(25,26)17-9-7-16(8-10-17)27-13-20/h2-10,18H,1,11-13H2,(H,23,24). The van der Waals surface area contributed by atoms with Crippen LogP contribution in [0.4, 0.5) is 8.78 Å². The highest BCUT2D eigenvalue weighted by molar-refractivity contribution is 7.89. The molecule has 28 heavy (non-hydrogen) atoms. The maximum atomic E-state index is 13.4. The van der Waals surface area contributed by atoms with E-state index in [1.165, 1.54) is 24.3 Å². The average molecular weight is 411 g/mol. The summed E-state index contributed by atoms with van der Waals surface area (Å²) in [4.78, 5) is 11.5. The highest BCUT2D eigenvalue weighted by atomic mass is 32.2. The van der Waals surface area contributed by atoms with Gasteiger partial charge in [0.1, 0.15) is 11.8 Å². The summed E-state index contributed by atoms with van der Waals surface area (Å²) in [6, 6.07) is 11.5. The van der Waals surface area contributed by atoms with Crippen molar-refractivity contribution in [1.82, 2.24) is 4.31 Å². The van der Waals surface area contributed by atoms with Crippen LogP contribution < -0.4 is 4.74 Å². The number of nitrogens with zero attached hydrogens (tertiary/aromatic N) is 1. The lowest BCUT2D eigenvalue weighted by Gasteiger charge is -2.28. The summed E-state index contributed by atoms with van der Waals surface area (Å²) in [5, 5.41) is 9.52. The summed E-state index contributed by atoms with van der Waals surface area (Å²) in [7, 11) is -4.33. The number of hydrogen-bond donors (Lipinski definition) is 1. The van der Waals surface area contributed by atoms with Crippen molar-refractivity contribution in [3.63, 3.8) is 0 Å². The smallest absolute Gasteiger partial charge is 0.322 e. The predicted molar refractivity (Wildman–Crippen MR) is 98.5 cm³/mol. The van der Waals surface area contributed by atoms with Crippen LogP contribution in [0.3, 0.4) is 0 Å². The van der Waals surface area contributed by atoms with Crippen molar-refractivity contribution in [2.24, 2.45) is 0 Å². The van der Waals surface area contributed by atoms with Crippen LogP contribution in [0.5, 0.6) is 5.75 Å². The molecule has 1 N–H and O–H groups in total. The molecule has 150 valence electrons. The lowest BCUT2D eigenvalue weighted by atomic mass is 10.1. The molecule has 0 spiro atoms. The van der Waals surface area contributed by atoms with Gasteiger partial charge in [-0.25, -0.2) is 17.2 Å². The van der Waals surface area contributed by atoms with Gasteiger partial charge in [0.2, 0.25) is 16.9 Å². The third-order valence-electron chi connectivity index (χ3n) is 3.88. The predicted octanol–water partition coefficient (Wildman–Crippen LogP) is 3.51. The molecule has 0 aromatic heterocycles. The van der Waals surface area contributed by atoms with Gasteiger partial charge in [-0.2, -0.15) is 4.31 Å². The molecular formula is C19H19F2NO5S. The first-order chi connectivity index (χ1) is 13.3. The van der Waals surface area contributed by atoms with Gasteiger partial charge in [0.05, 0.1) is 10.7 Å². The van der Waals surface area contributed by atoms with Gasteiger partial charge in [0, 0.05) is 13.0 Å². The van der Waals surface area contributed by atoms with Crippen molar-refractivity contribution in [3.8, 4) is 5.75 Å². The molecule has 0 saturated heterocycles. The monoisotopic (exact) mass is 411 g/mol. The first-order valence-electron chi connectivity index (χ1n) is 8.16. The number of benzene rings is 2. The Balaban J connectivity index is 2.48. The molecule has 1 unspecified atom stereocenters. The Hall–Kier alpha value is -2.78. The van der Waals surface area contributed by atoms with Gasteiger partial charge in [0.25, 0.3) is 0 Å². The second kappa shape index (κ2) is 9.43. The second-order valence-corrected chi connectivity index (χ2v) is 7.73. The van der Waals surface area contributed by atoms with Crippen molar-refractivity contribution in [3.05, 3.63) is 72.6 Å². The molecule has 0 saturated carbocycles. The van der Waals surface area contributed by atoms with Gasteiger partial charge in [-0.1, -0.05) is 36.9 Å². The fraction of sp³-hybridized carbons (Fsp3) is 0.211. The zero-order valence-corrected chi connectivity index (χ0v) is 15.6. The van der Waals surface area contributed by atoms with E-state index in [1.807, 2.05) is 0 Å². The number of alkyl halides is 1. The molecule has 0 bridgehead atoms. The van der Waals surface area contributed by atoms with Crippen LogP contribution in [-0.4, -0.2) is 36.7 Å². The van der Waals surface area contributed by atoms with Crippen molar-refractivity contribution in [2.75, 3.05) is 6.86 Å². The number of carboxylic acid groups (broad SMARTS) is 1. The first-order valence-corrected chi connectivity index (χ1v) is 9.60. The largest absolute Gasteiger partial charge is 0.480 e. The molecule has 0 radical (unpaired) electrons. The van der Waals surface area contributed by atoms with Crippen molar-refractivity contribution in [1.29, 1.82) is 0 Å². The Morgan fingerprint density at radius 3 is 2.25 bits per heavy atom. The van der Waals surface area contributed by atoms with E-state index in [0.29, 0.717) is 9.87 Å². The van der Waals surface area contributed by atoms with Crippen LogP contribution in [0.1, 0.15) is 12.0 Å². The normalized spacial score (nSPS) is 12.5. The Kier molecular flexibility index (Phi) is 7.24. The van der Waals surface area contributed by atoms with E-state index in [0.717, 1.165) is 0 Å². The van der Waals surface area contributed by atoms with Crippen molar-refractivity contribution >= 4 is 16.0 Å². The van der Waals surface area contributed by atoms with Crippen LogP contribution in [0.25, 0.3) is 0 Å². The molecule has 2 rings (SSSR count). The Bertz CT molecular complexity index is 917. The van der Waals surface area contributed by atoms with Crippen LogP contribution in [0, 0.1) is 0 Å². The minimum atomic E-state index is -4.33. The number of halogens is 2. The summed E-state index contributed by atoms with van der Waals surface area (Å²) in [5.41, 5.74) is 0.527. The quantitative estimate of drug-likeness (QED) is 0.647. The first kappa shape index (κ1) is 21.5. The third-order valence-corrected chi connectivity index (χ3v) is 5.75. The molecule has 0 aliphatic carbocycles. The fourth-order valence-corrected chi connectivity index (χ4v) is 4.12. The summed E-state index contributed by atoms with van der Waals surface area (Å²) in [6.07, 6.45) is -0.690. The number of carboxylic acids is 1. The molecular weight excluding hydrogens is 392 g/mol. The molecule has 2 aromatic carbocycles. The molecule has 1 atom stereocenters. The average Bonchev–Trinajstić information content (AvgIpc) is 2.65. The van der Waals surface area contributed by atoms with E-state index in [2.05, 4.69) is 11.3 Å². The highest BCUT2D eigenvalue weighted by Crippen LogP contribution is 2.26. The summed E-state index contributed by atoms with van der Waals surface area (Å²) >= 11 is 0. The molecule has 0 aliphatic rings. The van der Waals surface area contributed by atoms with Crippen LogP contribution in [-0.2, 0) is 21.4 Å². The second-order valence-electron chi connectivity index (χ2n) is 5.84.